The van der Waals surface area contributed by atoms with Crippen molar-refractivity contribution in [1.29, 1.82) is 0 Å². The number of nitrogens with zero attached hydrogens (tertiary/aromatic N) is 4. The molecule has 1 amide bonds. The zero-order valence-electron chi connectivity index (χ0n) is 16.0. The summed E-state index contributed by atoms with van der Waals surface area (Å²) in [5, 5.41) is 11.4. The molecule has 0 aromatic carbocycles. The molecule has 0 bridgehead atoms. The van der Waals surface area contributed by atoms with E-state index in [4.69, 9.17) is 14.6 Å². The molecule has 0 saturated carbocycles. The zero-order chi connectivity index (χ0) is 21.7. The minimum absolute atomic E-state index is 0.0818. The number of fused-ring (bicyclic) bond motifs is 1. The summed E-state index contributed by atoms with van der Waals surface area (Å²) in [6, 6.07) is 2.17. The van der Waals surface area contributed by atoms with E-state index in [-0.39, 0.29) is 5.91 Å². The van der Waals surface area contributed by atoms with Crippen LogP contribution in [0.4, 0.5) is 13.2 Å². The first-order valence-electron chi connectivity index (χ1n) is 9.20. The molecular weight excluding hydrogens is 425 g/mol. The lowest BCUT2D eigenvalue weighted by molar-refractivity contribution is -0.192. The fourth-order valence-corrected chi connectivity index (χ4v) is 3.84. The molecule has 2 aliphatic rings. The topological polar surface area (TPSA) is 87.9 Å². The second-order valence-corrected chi connectivity index (χ2v) is 7.54. The summed E-state index contributed by atoms with van der Waals surface area (Å²) >= 11 is 1.73. The molecule has 0 aliphatic carbocycles. The first-order valence-corrected chi connectivity index (χ1v) is 10.1. The number of rotatable bonds is 3. The van der Waals surface area contributed by atoms with Crippen LogP contribution in [0.5, 0.6) is 0 Å². The second-order valence-electron chi connectivity index (χ2n) is 6.76. The number of aliphatic carboxylic acids is 1. The van der Waals surface area contributed by atoms with Gasteiger partial charge in [-0.3, -0.25) is 9.69 Å². The van der Waals surface area contributed by atoms with Gasteiger partial charge in [-0.1, -0.05) is 0 Å². The zero-order valence-corrected chi connectivity index (χ0v) is 16.8. The normalized spacial score (nSPS) is 17.1. The van der Waals surface area contributed by atoms with Crippen molar-refractivity contribution in [3.05, 3.63) is 40.1 Å². The molecule has 4 rings (SSSR count). The molecule has 2 aromatic rings. The van der Waals surface area contributed by atoms with Gasteiger partial charge in [-0.25, -0.2) is 9.78 Å². The average molecular weight is 446 g/mol. The fraction of sp³-hybridized carbons (Fsp3) is 0.500. The van der Waals surface area contributed by atoms with E-state index in [0.29, 0.717) is 26.3 Å². The van der Waals surface area contributed by atoms with E-state index in [2.05, 4.69) is 31.3 Å². The number of alkyl halides is 3. The van der Waals surface area contributed by atoms with Crippen molar-refractivity contribution >= 4 is 23.2 Å². The molecule has 1 N–H and O–H groups in total. The standard InChI is InChI=1S/C16H20N4O2S.C2HF3O2/c21-16(19-4-6-22-7-5-19)14-9-17-15-11-18(2-3-20(14)15)10-13-1-8-23-12-13;3-2(4,5)1(6)7/h1,8-9,12H,2-7,10-11H2;(H,6,7). The van der Waals surface area contributed by atoms with E-state index in [1.54, 1.807) is 17.5 Å². The Morgan fingerprint density at radius 2 is 1.90 bits per heavy atom. The van der Waals surface area contributed by atoms with Crippen LogP contribution in [0, 0.1) is 0 Å². The summed E-state index contributed by atoms with van der Waals surface area (Å²) in [6.45, 7) is 6.11. The highest BCUT2D eigenvalue weighted by Gasteiger charge is 2.38. The predicted octanol–water partition coefficient (Wildman–Crippen LogP) is 2.07. The van der Waals surface area contributed by atoms with E-state index in [0.717, 1.165) is 37.7 Å². The predicted molar refractivity (Wildman–Crippen MR) is 101 cm³/mol. The maximum Gasteiger partial charge on any atom is 0.490 e. The Balaban J connectivity index is 0.000000318. The SMILES string of the molecule is O=C(O)C(F)(F)F.O=C(c1cnc2n1CCN(Cc1ccsc1)C2)N1CCOCC1. The average Bonchev–Trinajstić information content (AvgIpc) is 3.37. The number of carbonyl (C=O) groups excluding carboxylic acids is 1. The van der Waals surface area contributed by atoms with Gasteiger partial charge in [-0.2, -0.15) is 24.5 Å². The van der Waals surface area contributed by atoms with E-state index >= 15 is 0 Å². The van der Waals surface area contributed by atoms with Crippen LogP contribution in [0.3, 0.4) is 0 Å². The fourth-order valence-electron chi connectivity index (χ4n) is 3.19. The number of hydrogen-bond donors (Lipinski definition) is 1. The molecule has 2 aromatic heterocycles. The summed E-state index contributed by atoms with van der Waals surface area (Å²) in [5.41, 5.74) is 2.07. The maximum atomic E-state index is 12.7. The maximum absolute atomic E-state index is 12.7. The lowest BCUT2D eigenvalue weighted by atomic mass is 10.2. The molecule has 4 heterocycles. The molecular formula is C18H21F3N4O4S. The summed E-state index contributed by atoms with van der Waals surface area (Å²) in [6.07, 6.45) is -3.35. The molecule has 12 heteroatoms. The highest BCUT2D eigenvalue weighted by molar-refractivity contribution is 7.07. The Hall–Kier alpha value is -2.44. The molecule has 164 valence electrons. The largest absolute Gasteiger partial charge is 0.490 e. The summed E-state index contributed by atoms with van der Waals surface area (Å²) in [7, 11) is 0. The van der Waals surface area contributed by atoms with Crippen LogP contribution < -0.4 is 0 Å². The van der Waals surface area contributed by atoms with Gasteiger partial charge in [0.1, 0.15) is 11.5 Å². The van der Waals surface area contributed by atoms with Crippen LogP contribution in [0.25, 0.3) is 0 Å². The lowest BCUT2D eigenvalue weighted by Crippen LogP contribution is -2.42. The summed E-state index contributed by atoms with van der Waals surface area (Å²) < 4.78 is 39.1. The van der Waals surface area contributed by atoms with E-state index in [1.807, 2.05) is 4.90 Å². The number of amides is 1. The summed E-state index contributed by atoms with van der Waals surface area (Å²) in [4.78, 5) is 30.3. The highest BCUT2D eigenvalue weighted by atomic mass is 32.1. The number of hydrogen-bond acceptors (Lipinski definition) is 6. The molecule has 2 aliphatic heterocycles. The van der Waals surface area contributed by atoms with Crippen molar-refractivity contribution in [2.24, 2.45) is 0 Å². The van der Waals surface area contributed by atoms with Crippen LogP contribution >= 0.6 is 11.3 Å². The third-order valence-electron chi connectivity index (χ3n) is 4.69. The number of morpholine rings is 1. The lowest BCUT2D eigenvalue weighted by Gasteiger charge is -2.30. The Labute approximate surface area is 174 Å². The number of carboxylic acid groups (broad SMARTS) is 1. The summed E-state index contributed by atoms with van der Waals surface area (Å²) in [5.74, 6) is -1.69. The first kappa shape index (κ1) is 22.2. The van der Waals surface area contributed by atoms with Gasteiger partial charge in [0.15, 0.2) is 0 Å². The Morgan fingerprint density at radius 3 is 2.50 bits per heavy atom. The number of aromatic nitrogens is 2. The van der Waals surface area contributed by atoms with E-state index in [1.165, 1.54) is 5.56 Å². The van der Waals surface area contributed by atoms with Crippen LogP contribution in [-0.2, 0) is 29.2 Å². The molecule has 8 nitrogen and oxygen atoms in total. The molecule has 0 unspecified atom stereocenters. The molecule has 0 spiro atoms. The van der Waals surface area contributed by atoms with Crippen molar-refractivity contribution in [3.63, 3.8) is 0 Å². The van der Waals surface area contributed by atoms with Crippen LogP contribution in [-0.4, -0.2) is 75.4 Å². The van der Waals surface area contributed by atoms with E-state index < -0.39 is 12.1 Å². The molecule has 30 heavy (non-hydrogen) atoms. The van der Waals surface area contributed by atoms with Gasteiger partial charge in [-0.05, 0) is 22.4 Å². The van der Waals surface area contributed by atoms with Crippen LogP contribution in [0.1, 0.15) is 21.9 Å². The van der Waals surface area contributed by atoms with Gasteiger partial charge < -0.3 is 19.3 Å². The third kappa shape index (κ3) is 5.58. The van der Waals surface area contributed by atoms with E-state index in [9.17, 15) is 18.0 Å². The third-order valence-corrected chi connectivity index (χ3v) is 5.42. The number of carboxylic acids is 1. The monoisotopic (exact) mass is 446 g/mol. The number of halogens is 3. The van der Waals surface area contributed by atoms with Gasteiger partial charge in [0.05, 0.1) is 26.0 Å². The first-order chi connectivity index (χ1) is 14.3. The van der Waals surface area contributed by atoms with Gasteiger partial charge in [0, 0.05) is 32.7 Å². The minimum atomic E-state index is -5.08. The van der Waals surface area contributed by atoms with Crippen LogP contribution in [0.15, 0.2) is 23.0 Å². The number of imidazole rings is 1. The molecule has 1 fully saturated rings. The van der Waals surface area contributed by atoms with Crippen molar-refractivity contribution in [3.8, 4) is 0 Å². The van der Waals surface area contributed by atoms with Crippen molar-refractivity contribution in [1.82, 2.24) is 19.4 Å². The van der Waals surface area contributed by atoms with Gasteiger partial charge in [-0.15, -0.1) is 0 Å². The Bertz CT molecular complexity index is 863. The van der Waals surface area contributed by atoms with Crippen molar-refractivity contribution < 1.29 is 32.6 Å². The number of carbonyl (C=O) groups is 2. The Kier molecular flexibility index (Phi) is 7.10. The number of ether oxygens (including phenoxy) is 1. The minimum Gasteiger partial charge on any atom is -0.475 e. The second kappa shape index (κ2) is 9.58. The van der Waals surface area contributed by atoms with Crippen LogP contribution in [0.2, 0.25) is 0 Å². The smallest absolute Gasteiger partial charge is 0.475 e. The van der Waals surface area contributed by atoms with Gasteiger partial charge in [0.2, 0.25) is 0 Å². The number of thiophene rings is 1. The Morgan fingerprint density at radius 1 is 1.20 bits per heavy atom. The van der Waals surface area contributed by atoms with Crippen molar-refractivity contribution in [2.75, 3.05) is 32.8 Å². The quantitative estimate of drug-likeness (QED) is 0.777. The van der Waals surface area contributed by atoms with Gasteiger partial charge in [0.25, 0.3) is 5.91 Å². The highest BCUT2D eigenvalue weighted by Crippen LogP contribution is 2.19. The molecule has 0 atom stereocenters. The van der Waals surface area contributed by atoms with Crippen molar-refractivity contribution in [2.45, 2.75) is 25.8 Å². The molecule has 1 saturated heterocycles. The van der Waals surface area contributed by atoms with Gasteiger partial charge >= 0.3 is 12.1 Å². The molecule has 0 radical (unpaired) electrons.